The van der Waals surface area contributed by atoms with Gasteiger partial charge in [0.1, 0.15) is 11.5 Å². The van der Waals surface area contributed by atoms with Crippen molar-refractivity contribution in [1.82, 2.24) is 15.1 Å². The number of carbonyl (C=O) groups excluding carboxylic acids is 1. The van der Waals surface area contributed by atoms with Crippen LogP contribution < -0.4 is 9.47 Å². The molecule has 1 amide bonds. The van der Waals surface area contributed by atoms with Gasteiger partial charge in [0, 0.05) is 24.7 Å². The van der Waals surface area contributed by atoms with Crippen molar-refractivity contribution in [3.05, 3.63) is 30.4 Å². The number of likely N-dealkylation sites (N-methyl/N-ethyl adjacent to an activating group) is 1. The van der Waals surface area contributed by atoms with E-state index in [1.807, 2.05) is 13.8 Å². The molecule has 0 atom stereocenters. The molecule has 1 aromatic carbocycles. The highest BCUT2D eigenvalue weighted by Crippen LogP contribution is 2.30. The van der Waals surface area contributed by atoms with Crippen molar-refractivity contribution < 1.29 is 18.7 Å². The first-order valence-corrected chi connectivity index (χ1v) is 9.07. The second-order valence-electron chi connectivity index (χ2n) is 5.63. The summed E-state index contributed by atoms with van der Waals surface area (Å²) in [5.74, 6) is 1.82. The number of aromatic nitrogens is 2. The van der Waals surface area contributed by atoms with E-state index in [2.05, 4.69) is 16.8 Å². The van der Waals surface area contributed by atoms with Crippen LogP contribution in [0.15, 0.2) is 40.0 Å². The van der Waals surface area contributed by atoms with Gasteiger partial charge in [-0.05, 0) is 26.0 Å². The molecule has 2 aromatic rings. The van der Waals surface area contributed by atoms with Gasteiger partial charge in [0.05, 0.1) is 20.0 Å². The number of carbonyl (C=O) groups is 1. The number of thioether (sulfide) groups is 1. The SMILES string of the molecule is C=C(C)CN(CC)C(=O)CSc1nnc(-c2cc(OC)cc(OC)c2)o1. The van der Waals surface area contributed by atoms with E-state index in [1.165, 1.54) is 11.8 Å². The molecule has 0 aliphatic heterocycles. The van der Waals surface area contributed by atoms with Crippen LogP contribution in [0.4, 0.5) is 0 Å². The van der Waals surface area contributed by atoms with E-state index in [0.717, 1.165) is 5.57 Å². The zero-order valence-corrected chi connectivity index (χ0v) is 16.3. The van der Waals surface area contributed by atoms with Gasteiger partial charge in [-0.25, -0.2) is 0 Å². The molecule has 8 heteroatoms. The van der Waals surface area contributed by atoms with E-state index >= 15 is 0 Å². The molecule has 1 aromatic heterocycles. The van der Waals surface area contributed by atoms with Crippen LogP contribution >= 0.6 is 11.8 Å². The lowest BCUT2D eigenvalue weighted by atomic mass is 10.2. The van der Waals surface area contributed by atoms with Gasteiger partial charge in [-0.2, -0.15) is 0 Å². The first-order chi connectivity index (χ1) is 12.5. The van der Waals surface area contributed by atoms with Crippen LogP contribution in [0.25, 0.3) is 11.5 Å². The van der Waals surface area contributed by atoms with E-state index in [9.17, 15) is 4.79 Å². The minimum absolute atomic E-state index is 0.00306. The molecule has 0 saturated carbocycles. The standard InChI is InChI=1S/C18H23N3O4S/c1-6-21(10-12(2)3)16(22)11-26-18-20-19-17(25-18)13-7-14(23-4)9-15(8-13)24-5/h7-9H,2,6,10-11H2,1,3-5H3. The highest BCUT2D eigenvalue weighted by molar-refractivity contribution is 7.99. The van der Waals surface area contributed by atoms with Crippen molar-refractivity contribution in [2.45, 2.75) is 19.1 Å². The fourth-order valence-corrected chi connectivity index (χ4v) is 2.90. The number of ether oxygens (including phenoxy) is 2. The third kappa shape index (κ3) is 5.26. The van der Waals surface area contributed by atoms with Crippen LogP contribution in [-0.4, -0.2) is 54.1 Å². The Kier molecular flexibility index (Phi) is 7.08. The Bertz CT molecular complexity index is 753. The third-order valence-corrected chi connectivity index (χ3v) is 4.32. The summed E-state index contributed by atoms with van der Waals surface area (Å²) in [5, 5.41) is 8.37. The lowest BCUT2D eigenvalue weighted by Crippen LogP contribution is -2.33. The summed E-state index contributed by atoms with van der Waals surface area (Å²) in [6, 6.07) is 5.32. The summed E-state index contributed by atoms with van der Waals surface area (Å²) in [6.07, 6.45) is 0. The molecule has 0 aliphatic rings. The lowest BCUT2D eigenvalue weighted by molar-refractivity contribution is -0.127. The van der Waals surface area contributed by atoms with Crippen LogP contribution in [0.5, 0.6) is 11.5 Å². The van der Waals surface area contributed by atoms with Gasteiger partial charge in [0.15, 0.2) is 0 Å². The zero-order chi connectivity index (χ0) is 19.1. The summed E-state index contributed by atoms with van der Waals surface area (Å²) in [5.41, 5.74) is 1.63. The first kappa shape index (κ1) is 19.8. The number of benzene rings is 1. The van der Waals surface area contributed by atoms with E-state index in [0.29, 0.717) is 41.3 Å². The highest BCUT2D eigenvalue weighted by Gasteiger charge is 2.16. The molecule has 26 heavy (non-hydrogen) atoms. The Morgan fingerprint density at radius 1 is 1.23 bits per heavy atom. The van der Waals surface area contributed by atoms with E-state index in [1.54, 1.807) is 37.3 Å². The molecule has 0 spiro atoms. The summed E-state index contributed by atoms with van der Waals surface area (Å²) in [6.45, 7) is 8.86. The summed E-state index contributed by atoms with van der Waals surface area (Å²) >= 11 is 1.21. The Labute approximate surface area is 157 Å². The molecule has 0 aliphatic carbocycles. The normalized spacial score (nSPS) is 10.5. The van der Waals surface area contributed by atoms with E-state index < -0.39 is 0 Å². The fraction of sp³-hybridized carbons (Fsp3) is 0.389. The monoisotopic (exact) mass is 377 g/mol. The molecule has 0 N–H and O–H groups in total. The third-order valence-electron chi connectivity index (χ3n) is 3.52. The molecule has 2 rings (SSSR count). The maximum Gasteiger partial charge on any atom is 0.277 e. The highest BCUT2D eigenvalue weighted by atomic mass is 32.2. The van der Waals surface area contributed by atoms with Crippen LogP contribution in [0.3, 0.4) is 0 Å². The topological polar surface area (TPSA) is 77.7 Å². The Morgan fingerprint density at radius 3 is 2.42 bits per heavy atom. The average molecular weight is 377 g/mol. The van der Waals surface area contributed by atoms with Gasteiger partial charge in [0.25, 0.3) is 5.22 Å². The van der Waals surface area contributed by atoms with Crippen LogP contribution in [-0.2, 0) is 4.79 Å². The summed E-state index contributed by atoms with van der Waals surface area (Å²) in [4.78, 5) is 14.0. The second-order valence-corrected chi connectivity index (χ2v) is 6.55. The minimum Gasteiger partial charge on any atom is -0.497 e. The second kappa shape index (κ2) is 9.28. The molecule has 0 fully saturated rings. The molecule has 1 heterocycles. The van der Waals surface area contributed by atoms with E-state index in [-0.39, 0.29) is 11.7 Å². The maximum absolute atomic E-state index is 12.3. The number of amides is 1. The fourth-order valence-electron chi connectivity index (χ4n) is 2.23. The van der Waals surface area contributed by atoms with Gasteiger partial charge in [-0.3, -0.25) is 4.79 Å². The quantitative estimate of drug-likeness (QED) is 0.490. The van der Waals surface area contributed by atoms with Crippen LogP contribution in [0.1, 0.15) is 13.8 Å². The average Bonchev–Trinajstić information content (AvgIpc) is 3.12. The number of rotatable bonds is 9. The molecular weight excluding hydrogens is 354 g/mol. The Morgan fingerprint density at radius 2 is 1.88 bits per heavy atom. The van der Waals surface area contributed by atoms with Crippen molar-refractivity contribution in [2.24, 2.45) is 0 Å². The minimum atomic E-state index is 0.00306. The molecular formula is C18H23N3O4S. The number of hydrogen-bond donors (Lipinski definition) is 0. The largest absolute Gasteiger partial charge is 0.497 e. The molecule has 7 nitrogen and oxygen atoms in total. The Balaban J connectivity index is 2.06. The molecule has 0 radical (unpaired) electrons. The Hall–Kier alpha value is -2.48. The van der Waals surface area contributed by atoms with Gasteiger partial charge in [-0.15, -0.1) is 10.2 Å². The predicted molar refractivity (Wildman–Crippen MR) is 101 cm³/mol. The van der Waals surface area contributed by atoms with Crippen molar-refractivity contribution >= 4 is 17.7 Å². The number of hydrogen-bond acceptors (Lipinski definition) is 7. The van der Waals surface area contributed by atoms with Gasteiger partial charge in [-0.1, -0.05) is 23.9 Å². The van der Waals surface area contributed by atoms with Crippen molar-refractivity contribution in [3.63, 3.8) is 0 Å². The number of nitrogens with zero attached hydrogens (tertiary/aromatic N) is 3. The number of methoxy groups -OCH3 is 2. The summed E-state index contributed by atoms with van der Waals surface area (Å²) in [7, 11) is 3.15. The van der Waals surface area contributed by atoms with E-state index in [4.69, 9.17) is 13.9 Å². The molecule has 0 saturated heterocycles. The van der Waals surface area contributed by atoms with Gasteiger partial charge < -0.3 is 18.8 Å². The van der Waals surface area contributed by atoms with Crippen LogP contribution in [0.2, 0.25) is 0 Å². The van der Waals surface area contributed by atoms with Crippen molar-refractivity contribution in [2.75, 3.05) is 33.1 Å². The molecule has 0 unspecified atom stereocenters. The van der Waals surface area contributed by atoms with Crippen LogP contribution in [0, 0.1) is 0 Å². The summed E-state index contributed by atoms with van der Waals surface area (Å²) < 4.78 is 16.1. The smallest absolute Gasteiger partial charge is 0.277 e. The zero-order valence-electron chi connectivity index (χ0n) is 15.4. The molecule has 0 bridgehead atoms. The molecule has 140 valence electrons. The first-order valence-electron chi connectivity index (χ1n) is 8.08. The lowest BCUT2D eigenvalue weighted by Gasteiger charge is -2.20. The predicted octanol–water partition coefficient (Wildman–Crippen LogP) is 3.27. The van der Waals surface area contributed by atoms with Crippen molar-refractivity contribution in [3.8, 4) is 23.0 Å². The maximum atomic E-state index is 12.3. The van der Waals surface area contributed by atoms with Gasteiger partial charge in [0.2, 0.25) is 11.8 Å². The van der Waals surface area contributed by atoms with Crippen molar-refractivity contribution in [1.29, 1.82) is 0 Å². The van der Waals surface area contributed by atoms with Gasteiger partial charge >= 0.3 is 0 Å².